The van der Waals surface area contributed by atoms with Crippen molar-refractivity contribution in [1.82, 2.24) is 9.55 Å². The summed E-state index contributed by atoms with van der Waals surface area (Å²) in [6, 6.07) is 8.86. The van der Waals surface area contributed by atoms with Gasteiger partial charge in [0.05, 0.1) is 21.5 Å². The van der Waals surface area contributed by atoms with Crippen molar-refractivity contribution >= 4 is 27.0 Å². The molecule has 0 fully saturated rings. The van der Waals surface area contributed by atoms with Gasteiger partial charge in [0.15, 0.2) is 0 Å². The number of hydrogen-bond acceptors (Lipinski definition) is 3. The number of ether oxygens (including phenoxy) is 1. The van der Waals surface area contributed by atoms with Gasteiger partial charge in [0.2, 0.25) is 0 Å². The van der Waals surface area contributed by atoms with Crippen molar-refractivity contribution in [2.24, 2.45) is 0 Å². The summed E-state index contributed by atoms with van der Waals surface area (Å²) in [6.07, 6.45) is -0.601. The Hall–Kier alpha value is -2.06. The van der Waals surface area contributed by atoms with Crippen molar-refractivity contribution in [3.8, 4) is 5.75 Å². The maximum Gasteiger partial charge on any atom is 0.387 e. The molecule has 0 bridgehead atoms. The van der Waals surface area contributed by atoms with Crippen molar-refractivity contribution in [1.29, 1.82) is 0 Å². The second-order valence-electron chi connectivity index (χ2n) is 5.78. The van der Waals surface area contributed by atoms with Crippen LogP contribution >= 0.6 is 15.9 Å². The molecule has 4 rings (SSSR count). The Balaban J connectivity index is 1.90. The van der Waals surface area contributed by atoms with Crippen molar-refractivity contribution < 1.29 is 23.0 Å². The minimum Gasteiger partial charge on any atom is -0.434 e. The van der Waals surface area contributed by atoms with Crippen LogP contribution in [0.4, 0.5) is 13.2 Å². The van der Waals surface area contributed by atoms with Crippen LogP contribution in [0.2, 0.25) is 0 Å². The van der Waals surface area contributed by atoms with Crippen molar-refractivity contribution in [2.75, 3.05) is 0 Å². The number of rotatable bonds is 3. The van der Waals surface area contributed by atoms with Gasteiger partial charge >= 0.3 is 6.61 Å². The molecule has 4 nitrogen and oxygen atoms in total. The molecule has 1 aliphatic heterocycles. The summed E-state index contributed by atoms with van der Waals surface area (Å²) in [5, 5.41) is 10.3. The van der Waals surface area contributed by atoms with Crippen LogP contribution in [0.15, 0.2) is 40.9 Å². The molecular formula is C17H12BrF3N2O2. The van der Waals surface area contributed by atoms with Crippen LogP contribution in [0.25, 0.3) is 11.0 Å². The Kier molecular flexibility index (Phi) is 3.96. The highest BCUT2D eigenvalue weighted by Gasteiger charge is 2.35. The molecular weight excluding hydrogens is 401 g/mol. The first kappa shape index (κ1) is 16.4. The Morgan fingerprint density at radius 2 is 2.04 bits per heavy atom. The van der Waals surface area contributed by atoms with Crippen LogP contribution in [0, 0.1) is 5.82 Å². The fraction of sp³-hybridized carbons (Fsp3) is 0.235. The van der Waals surface area contributed by atoms with E-state index in [9.17, 15) is 18.3 Å². The van der Waals surface area contributed by atoms with Crippen molar-refractivity contribution in [3.05, 3.63) is 58.1 Å². The molecule has 8 heteroatoms. The van der Waals surface area contributed by atoms with Crippen molar-refractivity contribution in [2.45, 2.75) is 25.2 Å². The minimum absolute atomic E-state index is 0.0468. The minimum atomic E-state index is -2.95. The third-order valence-corrected chi connectivity index (χ3v) is 4.92. The highest BCUT2D eigenvalue weighted by molar-refractivity contribution is 9.10. The topological polar surface area (TPSA) is 47.3 Å². The summed E-state index contributed by atoms with van der Waals surface area (Å²) in [4.78, 5) is 4.31. The summed E-state index contributed by atoms with van der Waals surface area (Å²) in [6.45, 7) is -2.95. The molecule has 25 heavy (non-hydrogen) atoms. The molecule has 0 spiro atoms. The van der Waals surface area contributed by atoms with Gasteiger partial charge in [-0.05, 0) is 28.1 Å². The van der Waals surface area contributed by atoms with Gasteiger partial charge in [-0.25, -0.2) is 9.37 Å². The Morgan fingerprint density at radius 1 is 1.28 bits per heavy atom. The number of aliphatic hydroxyl groups is 1. The first-order valence-electron chi connectivity index (χ1n) is 7.54. The summed E-state index contributed by atoms with van der Waals surface area (Å²) in [5.41, 5.74) is 1.52. The Morgan fingerprint density at radius 3 is 2.80 bits per heavy atom. The third-order valence-electron chi connectivity index (χ3n) is 4.31. The first-order valence-corrected chi connectivity index (χ1v) is 8.33. The number of halogens is 4. The highest BCUT2D eigenvalue weighted by Crippen LogP contribution is 2.44. The lowest BCUT2D eigenvalue weighted by Gasteiger charge is -2.18. The number of fused-ring (bicyclic) bond motifs is 3. The monoisotopic (exact) mass is 412 g/mol. The van der Waals surface area contributed by atoms with E-state index in [0.29, 0.717) is 22.4 Å². The van der Waals surface area contributed by atoms with Gasteiger partial charge in [0.25, 0.3) is 0 Å². The van der Waals surface area contributed by atoms with Gasteiger partial charge < -0.3 is 14.4 Å². The number of aromatic nitrogens is 2. The summed E-state index contributed by atoms with van der Waals surface area (Å²) >= 11 is 3.15. The second-order valence-corrected chi connectivity index (χ2v) is 6.63. The Bertz CT molecular complexity index is 960. The number of nitrogens with zero attached hydrogens (tertiary/aromatic N) is 2. The molecule has 0 amide bonds. The lowest BCUT2D eigenvalue weighted by Crippen LogP contribution is -2.10. The average Bonchev–Trinajstić information content (AvgIpc) is 3.06. The van der Waals surface area contributed by atoms with Crippen LogP contribution in [0.3, 0.4) is 0 Å². The molecule has 1 aliphatic rings. The molecule has 2 unspecified atom stereocenters. The molecule has 1 N–H and O–H groups in total. The van der Waals surface area contributed by atoms with Crippen LogP contribution in [-0.2, 0) is 0 Å². The largest absolute Gasteiger partial charge is 0.434 e. The fourth-order valence-electron chi connectivity index (χ4n) is 3.32. The first-order chi connectivity index (χ1) is 12.0. The number of benzene rings is 2. The van der Waals surface area contributed by atoms with E-state index < -0.39 is 24.6 Å². The third kappa shape index (κ3) is 2.69. The SMILES string of the molecule is OC1CC(c2ccccc2OC(F)F)n2c1nc1cc(F)c(Br)cc12. The van der Waals surface area contributed by atoms with Gasteiger partial charge in [-0.3, -0.25) is 0 Å². The Labute approximate surface area is 149 Å². The number of imidazole rings is 1. The van der Waals surface area contributed by atoms with Crippen molar-refractivity contribution in [3.63, 3.8) is 0 Å². The summed E-state index contributed by atoms with van der Waals surface area (Å²) in [7, 11) is 0. The van der Waals surface area contributed by atoms with Gasteiger partial charge in [-0.15, -0.1) is 0 Å². The lowest BCUT2D eigenvalue weighted by atomic mass is 10.0. The predicted octanol–water partition coefficient (Wildman–Crippen LogP) is 4.57. The van der Waals surface area contributed by atoms with E-state index >= 15 is 0 Å². The van der Waals surface area contributed by atoms with E-state index in [1.54, 1.807) is 28.8 Å². The number of para-hydroxylation sites is 1. The smallest absolute Gasteiger partial charge is 0.387 e. The molecule has 2 heterocycles. The zero-order chi connectivity index (χ0) is 17.7. The lowest BCUT2D eigenvalue weighted by molar-refractivity contribution is -0.0507. The molecule has 0 aliphatic carbocycles. The number of hydrogen-bond donors (Lipinski definition) is 1. The van der Waals surface area contributed by atoms with E-state index in [0.717, 1.165) is 0 Å². The van der Waals surface area contributed by atoms with Gasteiger partial charge in [-0.2, -0.15) is 8.78 Å². The fourth-order valence-corrected chi connectivity index (χ4v) is 3.65. The second kappa shape index (κ2) is 6.03. The number of aliphatic hydroxyl groups excluding tert-OH is 1. The highest BCUT2D eigenvalue weighted by atomic mass is 79.9. The van der Waals surface area contributed by atoms with Crippen LogP contribution < -0.4 is 4.74 Å². The quantitative estimate of drug-likeness (QED) is 0.685. The number of alkyl halides is 2. The normalized spacial score (nSPS) is 19.6. The molecule has 0 saturated heterocycles. The maximum absolute atomic E-state index is 13.8. The van der Waals surface area contributed by atoms with Crippen LogP contribution in [-0.4, -0.2) is 21.3 Å². The van der Waals surface area contributed by atoms with Gasteiger partial charge in [0.1, 0.15) is 23.5 Å². The zero-order valence-electron chi connectivity index (χ0n) is 12.7. The zero-order valence-corrected chi connectivity index (χ0v) is 14.3. The predicted molar refractivity (Wildman–Crippen MR) is 88.2 cm³/mol. The molecule has 0 saturated carbocycles. The molecule has 130 valence electrons. The molecule has 1 aromatic heterocycles. The average molecular weight is 413 g/mol. The van der Waals surface area contributed by atoms with E-state index in [2.05, 4.69) is 25.7 Å². The standard InChI is InChI=1S/C17H12BrF3N2O2/c18-9-5-13-11(6-10(9)19)22-16-14(24)7-12(23(13)16)8-3-1-2-4-15(8)25-17(20)21/h1-6,12,14,17,24H,7H2. The van der Waals surface area contributed by atoms with E-state index in [-0.39, 0.29) is 16.6 Å². The molecule has 2 aromatic carbocycles. The van der Waals surface area contributed by atoms with Gasteiger partial charge in [-0.1, -0.05) is 18.2 Å². The summed E-state index contributed by atoms with van der Waals surface area (Å²) in [5.74, 6) is -0.0355. The molecule has 0 radical (unpaired) electrons. The summed E-state index contributed by atoms with van der Waals surface area (Å²) < 4.78 is 45.8. The molecule has 3 aromatic rings. The maximum atomic E-state index is 13.8. The van der Waals surface area contributed by atoms with E-state index in [4.69, 9.17) is 0 Å². The van der Waals surface area contributed by atoms with Crippen LogP contribution in [0.1, 0.15) is 30.0 Å². The molecule has 2 atom stereocenters. The van der Waals surface area contributed by atoms with Gasteiger partial charge in [0, 0.05) is 18.1 Å². The van der Waals surface area contributed by atoms with E-state index in [1.807, 2.05) is 0 Å². The van der Waals surface area contributed by atoms with E-state index in [1.165, 1.54) is 12.1 Å². The van der Waals surface area contributed by atoms with Crippen LogP contribution in [0.5, 0.6) is 5.75 Å².